The highest BCUT2D eigenvalue weighted by Gasteiger charge is 2.27. The lowest BCUT2D eigenvalue weighted by molar-refractivity contribution is -0.384. The molecule has 1 rings (SSSR count). The zero-order chi connectivity index (χ0) is 15.5. The Labute approximate surface area is 120 Å². The van der Waals surface area contributed by atoms with E-state index >= 15 is 0 Å². The number of halogens is 1. The highest BCUT2D eigenvalue weighted by Crippen LogP contribution is 2.33. The number of aliphatic hydroxyl groups excluding tert-OH is 1. The number of anilines is 1. The molecule has 0 saturated carbocycles. The van der Waals surface area contributed by atoms with E-state index in [0.29, 0.717) is 6.42 Å². The molecule has 0 radical (unpaired) electrons. The number of rotatable bonds is 6. The topological polar surface area (TPSA) is 113 Å². The number of hydrogen-bond acceptors (Lipinski definition) is 5. The van der Waals surface area contributed by atoms with E-state index in [4.69, 9.17) is 16.7 Å². The first kappa shape index (κ1) is 16.2. The molecule has 20 heavy (non-hydrogen) atoms. The third-order valence-corrected chi connectivity index (χ3v) is 3.37. The number of hydrogen-bond donors (Lipinski definition) is 3. The second-order valence-electron chi connectivity index (χ2n) is 4.61. The highest BCUT2D eigenvalue weighted by molar-refractivity contribution is 6.34. The van der Waals surface area contributed by atoms with E-state index < -0.39 is 22.1 Å². The van der Waals surface area contributed by atoms with Crippen molar-refractivity contribution in [3.05, 3.63) is 32.8 Å². The molecule has 0 aliphatic heterocycles. The normalized spacial score (nSPS) is 13.6. The van der Waals surface area contributed by atoms with Gasteiger partial charge in [0.05, 0.1) is 33.3 Å². The SMILES string of the molecule is CCC(C)(CO)Nc1c(Cl)cc([N+](=O)[O-])cc1C(=O)O. The van der Waals surface area contributed by atoms with E-state index in [1.807, 2.05) is 6.92 Å². The van der Waals surface area contributed by atoms with Gasteiger partial charge in [0, 0.05) is 12.1 Å². The summed E-state index contributed by atoms with van der Waals surface area (Å²) in [5.41, 5.74) is -1.43. The van der Waals surface area contributed by atoms with E-state index in [0.717, 1.165) is 12.1 Å². The lowest BCUT2D eigenvalue weighted by atomic mass is 9.98. The molecular weight excluding hydrogens is 288 g/mol. The maximum atomic E-state index is 11.2. The number of carboxylic acids is 1. The average molecular weight is 303 g/mol. The molecule has 0 aromatic heterocycles. The maximum Gasteiger partial charge on any atom is 0.338 e. The summed E-state index contributed by atoms with van der Waals surface area (Å²) in [6.07, 6.45) is 0.510. The van der Waals surface area contributed by atoms with Gasteiger partial charge in [-0.3, -0.25) is 10.1 Å². The summed E-state index contributed by atoms with van der Waals surface area (Å²) in [5, 5.41) is 32.0. The van der Waals surface area contributed by atoms with Crippen molar-refractivity contribution in [1.29, 1.82) is 0 Å². The van der Waals surface area contributed by atoms with Crippen molar-refractivity contribution in [1.82, 2.24) is 0 Å². The van der Waals surface area contributed by atoms with Gasteiger partial charge in [-0.1, -0.05) is 18.5 Å². The van der Waals surface area contributed by atoms with Crippen LogP contribution in [0.1, 0.15) is 30.6 Å². The van der Waals surface area contributed by atoms with Crippen LogP contribution in [0.4, 0.5) is 11.4 Å². The molecule has 0 aliphatic carbocycles. The van der Waals surface area contributed by atoms with Crippen LogP contribution in [-0.2, 0) is 0 Å². The fraction of sp³-hybridized carbons (Fsp3) is 0.417. The largest absolute Gasteiger partial charge is 0.478 e. The van der Waals surface area contributed by atoms with Crippen LogP contribution in [0.2, 0.25) is 5.02 Å². The van der Waals surface area contributed by atoms with Crippen molar-refractivity contribution in [2.75, 3.05) is 11.9 Å². The van der Waals surface area contributed by atoms with E-state index in [9.17, 15) is 20.0 Å². The smallest absolute Gasteiger partial charge is 0.338 e. The van der Waals surface area contributed by atoms with Crippen LogP contribution in [-0.4, -0.2) is 33.3 Å². The Morgan fingerprint density at radius 3 is 2.55 bits per heavy atom. The van der Waals surface area contributed by atoms with Crippen LogP contribution in [0.3, 0.4) is 0 Å². The minimum Gasteiger partial charge on any atom is -0.478 e. The minimum absolute atomic E-state index is 0.0585. The Hall–Kier alpha value is -1.86. The van der Waals surface area contributed by atoms with E-state index in [1.165, 1.54) is 0 Å². The molecule has 1 unspecified atom stereocenters. The number of carboxylic acid groups (broad SMARTS) is 1. The number of nitro groups is 1. The van der Waals surface area contributed by atoms with Gasteiger partial charge in [-0.25, -0.2) is 4.79 Å². The Kier molecular flexibility index (Phi) is 4.91. The summed E-state index contributed by atoms with van der Waals surface area (Å²) in [6, 6.07) is 2.01. The van der Waals surface area contributed by atoms with Crippen molar-refractivity contribution in [3.63, 3.8) is 0 Å². The van der Waals surface area contributed by atoms with E-state index in [2.05, 4.69) is 5.32 Å². The second-order valence-corrected chi connectivity index (χ2v) is 5.02. The lowest BCUT2D eigenvalue weighted by Gasteiger charge is -2.29. The molecule has 1 aromatic carbocycles. The van der Waals surface area contributed by atoms with Gasteiger partial charge in [-0.15, -0.1) is 0 Å². The average Bonchev–Trinajstić information content (AvgIpc) is 2.40. The number of carbonyl (C=O) groups is 1. The highest BCUT2D eigenvalue weighted by atomic mass is 35.5. The van der Waals surface area contributed by atoms with Crippen molar-refractivity contribution >= 4 is 28.9 Å². The van der Waals surface area contributed by atoms with Gasteiger partial charge in [0.15, 0.2) is 0 Å². The first-order chi connectivity index (χ1) is 9.24. The van der Waals surface area contributed by atoms with Crippen molar-refractivity contribution in [2.24, 2.45) is 0 Å². The zero-order valence-electron chi connectivity index (χ0n) is 11.0. The molecule has 0 aliphatic rings. The molecule has 0 bridgehead atoms. The quantitative estimate of drug-likeness (QED) is 0.549. The molecule has 0 fully saturated rings. The van der Waals surface area contributed by atoms with Gasteiger partial charge >= 0.3 is 5.97 Å². The number of benzene rings is 1. The standard InChI is InChI=1S/C12H15ClN2O5/c1-3-12(2,6-16)14-10-8(11(17)18)4-7(15(19)20)5-9(10)13/h4-5,14,16H,3,6H2,1-2H3,(H,17,18). The van der Waals surface area contributed by atoms with Crippen LogP contribution >= 0.6 is 11.6 Å². The van der Waals surface area contributed by atoms with Crippen molar-refractivity contribution < 1.29 is 19.9 Å². The van der Waals surface area contributed by atoms with Crippen LogP contribution in [0.25, 0.3) is 0 Å². The fourth-order valence-electron chi connectivity index (χ4n) is 1.53. The van der Waals surface area contributed by atoms with Gasteiger partial charge in [0.2, 0.25) is 0 Å². The molecule has 0 saturated heterocycles. The number of aliphatic hydroxyl groups is 1. The van der Waals surface area contributed by atoms with E-state index in [1.54, 1.807) is 6.92 Å². The molecule has 0 spiro atoms. The van der Waals surface area contributed by atoms with Gasteiger partial charge in [-0.2, -0.15) is 0 Å². The van der Waals surface area contributed by atoms with Gasteiger partial charge in [-0.05, 0) is 13.3 Å². The third-order valence-electron chi connectivity index (χ3n) is 3.07. The Morgan fingerprint density at radius 2 is 2.15 bits per heavy atom. The summed E-state index contributed by atoms with van der Waals surface area (Å²) in [6.45, 7) is 3.26. The summed E-state index contributed by atoms with van der Waals surface area (Å²) in [5.74, 6) is -1.34. The molecular formula is C12H15ClN2O5. The zero-order valence-corrected chi connectivity index (χ0v) is 11.8. The maximum absolute atomic E-state index is 11.2. The number of nitro benzene ring substituents is 1. The van der Waals surface area contributed by atoms with Crippen molar-refractivity contribution in [2.45, 2.75) is 25.8 Å². The Balaban J connectivity index is 3.39. The molecule has 3 N–H and O–H groups in total. The second kappa shape index (κ2) is 6.06. The van der Waals surface area contributed by atoms with Crippen molar-refractivity contribution in [3.8, 4) is 0 Å². The van der Waals surface area contributed by atoms with Gasteiger partial charge in [0.1, 0.15) is 0 Å². The summed E-state index contributed by atoms with van der Waals surface area (Å²) < 4.78 is 0. The van der Waals surface area contributed by atoms with Crippen LogP contribution < -0.4 is 5.32 Å². The third kappa shape index (κ3) is 3.37. The summed E-state index contributed by atoms with van der Waals surface area (Å²) in [7, 11) is 0. The predicted molar refractivity (Wildman–Crippen MR) is 74.5 cm³/mol. The monoisotopic (exact) mass is 302 g/mol. The van der Waals surface area contributed by atoms with Gasteiger partial charge < -0.3 is 15.5 Å². The minimum atomic E-state index is -1.34. The number of nitrogens with one attached hydrogen (secondary N) is 1. The van der Waals surface area contributed by atoms with E-state index in [-0.39, 0.29) is 22.9 Å². The number of nitrogens with zero attached hydrogens (tertiary/aromatic N) is 1. The predicted octanol–water partition coefficient (Wildman–Crippen LogP) is 2.52. The first-order valence-electron chi connectivity index (χ1n) is 5.84. The van der Waals surface area contributed by atoms with Gasteiger partial charge in [0.25, 0.3) is 5.69 Å². The van der Waals surface area contributed by atoms with Crippen LogP contribution in [0.5, 0.6) is 0 Å². The summed E-state index contributed by atoms with van der Waals surface area (Å²) >= 11 is 5.93. The Morgan fingerprint density at radius 1 is 1.55 bits per heavy atom. The molecule has 0 heterocycles. The lowest BCUT2D eigenvalue weighted by Crippen LogP contribution is -2.38. The number of aromatic carboxylic acids is 1. The number of non-ortho nitro benzene ring substituents is 1. The molecule has 0 amide bonds. The first-order valence-corrected chi connectivity index (χ1v) is 6.22. The van der Waals surface area contributed by atoms with Crippen LogP contribution in [0.15, 0.2) is 12.1 Å². The molecule has 110 valence electrons. The Bertz CT molecular complexity index is 543. The molecule has 8 heteroatoms. The molecule has 7 nitrogen and oxygen atoms in total. The fourth-order valence-corrected chi connectivity index (χ4v) is 1.80. The van der Waals surface area contributed by atoms with Crippen LogP contribution in [0, 0.1) is 10.1 Å². The molecule has 1 aromatic rings. The summed E-state index contributed by atoms with van der Waals surface area (Å²) in [4.78, 5) is 21.2. The molecule has 1 atom stereocenters.